The lowest BCUT2D eigenvalue weighted by molar-refractivity contribution is 0.0770. The number of hydrogen-bond donors (Lipinski definition) is 1. The fraction of sp³-hybridized carbons (Fsp3) is 0.227. The Morgan fingerprint density at radius 1 is 1.27 bits per heavy atom. The molecule has 2 atom stereocenters. The summed E-state index contributed by atoms with van der Waals surface area (Å²) in [6, 6.07) is 10.1. The standard InChI is InChI=1S/C22H20FN3O3S/c1-13-16-11-17-19(12-18(16)26(30(2)27)9-10-28-13)29-21(14-3-5-15(23)6-4-14)20(17)22-24-7-8-25-22/h3-8,11-13H,9-10H2,1-2H3,(H,24,25). The van der Waals surface area contributed by atoms with Gasteiger partial charge >= 0.3 is 0 Å². The molecule has 1 aliphatic rings. The number of aromatic amines is 1. The molecule has 154 valence electrons. The fourth-order valence-electron chi connectivity index (χ4n) is 3.92. The van der Waals surface area contributed by atoms with Crippen molar-refractivity contribution in [2.24, 2.45) is 0 Å². The fourth-order valence-corrected chi connectivity index (χ4v) is 4.69. The quantitative estimate of drug-likeness (QED) is 0.511. The highest BCUT2D eigenvalue weighted by Gasteiger charge is 2.27. The first-order valence-electron chi connectivity index (χ1n) is 9.61. The number of anilines is 1. The summed E-state index contributed by atoms with van der Waals surface area (Å²) in [5.74, 6) is 0.942. The first kappa shape index (κ1) is 19.0. The van der Waals surface area contributed by atoms with Crippen molar-refractivity contribution in [1.82, 2.24) is 9.97 Å². The maximum atomic E-state index is 13.5. The van der Waals surface area contributed by atoms with Crippen molar-refractivity contribution < 1.29 is 17.8 Å². The van der Waals surface area contributed by atoms with Crippen LogP contribution in [-0.4, -0.2) is 33.6 Å². The van der Waals surface area contributed by atoms with Gasteiger partial charge in [0.25, 0.3) is 0 Å². The predicted molar refractivity (Wildman–Crippen MR) is 115 cm³/mol. The van der Waals surface area contributed by atoms with E-state index in [1.165, 1.54) is 12.1 Å². The molecule has 0 aliphatic carbocycles. The lowest BCUT2D eigenvalue weighted by atomic mass is 10.0. The van der Waals surface area contributed by atoms with Gasteiger partial charge in [-0.15, -0.1) is 0 Å². The number of ether oxygens (including phenoxy) is 1. The van der Waals surface area contributed by atoms with Crippen LogP contribution in [0.5, 0.6) is 0 Å². The van der Waals surface area contributed by atoms with E-state index in [4.69, 9.17) is 9.15 Å². The molecule has 0 saturated heterocycles. The number of nitrogens with zero attached hydrogens (tertiary/aromatic N) is 2. The normalized spacial score (nSPS) is 17.7. The highest BCUT2D eigenvalue weighted by molar-refractivity contribution is 7.85. The minimum Gasteiger partial charge on any atom is -0.455 e. The first-order chi connectivity index (χ1) is 14.5. The number of hydrogen-bond acceptors (Lipinski definition) is 4. The second-order valence-corrected chi connectivity index (χ2v) is 8.49. The number of H-pyrrole nitrogens is 1. The minimum absolute atomic E-state index is 0.161. The number of halogens is 1. The van der Waals surface area contributed by atoms with Gasteiger partial charge < -0.3 is 14.1 Å². The Labute approximate surface area is 175 Å². The molecule has 3 heterocycles. The van der Waals surface area contributed by atoms with Crippen LogP contribution in [0.3, 0.4) is 0 Å². The molecule has 0 amide bonds. The van der Waals surface area contributed by atoms with Gasteiger partial charge in [0.05, 0.1) is 30.5 Å². The van der Waals surface area contributed by atoms with E-state index in [-0.39, 0.29) is 11.9 Å². The Bertz CT molecular complexity index is 1230. The summed E-state index contributed by atoms with van der Waals surface area (Å²) >= 11 is 0. The van der Waals surface area contributed by atoms with Crippen LogP contribution in [0.15, 0.2) is 53.2 Å². The van der Waals surface area contributed by atoms with E-state index in [1.54, 1.807) is 30.8 Å². The number of furan rings is 1. The van der Waals surface area contributed by atoms with Gasteiger partial charge in [0.2, 0.25) is 0 Å². The molecule has 6 nitrogen and oxygen atoms in total. The van der Waals surface area contributed by atoms with Crippen LogP contribution < -0.4 is 4.31 Å². The molecular weight excluding hydrogens is 405 g/mol. The molecular formula is C22H20FN3O3S. The van der Waals surface area contributed by atoms with Crippen LogP contribution in [0.25, 0.3) is 33.7 Å². The molecule has 0 spiro atoms. The molecule has 0 saturated carbocycles. The number of benzene rings is 2. The topological polar surface area (TPSA) is 71.4 Å². The zero-order valence-corrected chi connectivity index (χ0v) is 17.3. The minimum atomic E-state index is -1.20. The average Bonchev–Trinajstić information content (AvgIpc) is 3.34. The number of aromatic nitrogens is 2. The zero-order valence-electron chi connectivity index (χ0n) is 16.5. The monoisotopic (exact) mass is 425 g/mol. The van der Waals surface area contributed by atoms with E-state index in [1.807, 2.05) is 23.4 Å². The van der Waals surface area contributed by atoms with Crippen LogP contribution in [0.2, 0.25) is 0 Å². The van der Waals surface area contributed by atoms with E-state index in [9.17, 15) is 8.60 Å². The molecule has 2 aromatic heterocycles. The van der Waals surface area contributed by atoms with Gasteiger partial charge in [-0.25, -0.2) is 13.6 Å². The van der Waals surface area contributed by atoms with Gasteiger partial charge in [-0.05, 0) is 37.3 Å². The number of nitrogens with one attached hydrogen (secondary N) is 1. The maximum absolute atomic E-state index is 13.5. The Hall–Kier alpha value is -2.97. The molecule has 2 unspecified atom stereocenters. The van der Waals surface area contributed by atoms with Crippen molar-refractivity contribution >= 4 is 27.6 Å². The van der Waals surface area contributed by atoms with Crippen LogP contribution >= 0.6 is 0 Å². The lowest BCUT2D eigenvalue weighted by Gasteiger charge is -2.21. The Balaban J connectivity index is 1.81. The largest absolute Gasteiger partial charge is 0.455 e. The molecule has 8 heteroatoms. The van der Waals surface area contributed by atoms with Gasteiger partial charge in [-0.3, -0.25) is 4.31 Å². The molecule has 2 aromatic carbocycles. The Morgan fingerprint density at radius 2 is 2.07 bits per heavy atom. The van der Waals surface area contributed by atoms with Crippen molar-refractivity contribution in [2.45, 2.75) is 13.0 Å². The molecule has 0 bridgehead atoms. The van der Waals surface area contributed by atoms with Crippen LogP contribution in [0.4, 0.5) is 10.1 Å². The molecule has 1 aliphatic heterocycles. The van der Waals surface area contributed by atoms with E-state index in [0.29, 0.717) is 30.3 Å². The van der Waals surface area contributed by atoms with Crippen molar-refractivity contribution in [1.29, 1.82) is 0 Å². The van der Waals surface area contributed by atoms with Crippen LogP contribution in [0.1, 0.15) is 18.6 Å². The summed E-state index contributed by atoms with van der Waals surface area (Å²) in [7, 11) is -1.20. The third kappa shape index (κ3) is 3.12. The molecule has 0 radical (unpaired) electrons. The Morgan fingerprint density at radius 3 is 2.77 bits per heavy atom. The van der Waals surface area contributed by atoms with E-state index < -0.39 is 11.0 Å². The van der Waals surface area contributed by atoms with E-state index in [0.717, 1.165) is 27.8 Å². The molecule has 4 aromatic rings. The van der Waals surface area contributed by atoms with E-state index in [2.05, 4.69) is 9.97 Å². The molecule has 5 rings (SSSR count). The maximum Gasteiger partial charge on any atom is 0.146 e. The van der Waals surface area contributed by atoms with Gasteiger partial charge in [-0.1, -0.05) is 0 Å². The highest BCUT2D eigenvalue weighted by atomic mass is 32.2. The number of imidazole rings is 1. The van der Waals surface area contributed by atoms with Gasteiger partial charge in [0.15, 0.2) is 0 Å². The van der Waals surface area contributed by atoms with Crippen LogP contribution in [0, 0.1) is 5.82 Å². The molecule has 1 N–H and O–H groups in total. The summed E-state index contributed by atoms with van der Waals surface area (Å²) in [4.78, 5) is 7.57. The van der Waals surface area contributed by atoms with E-state index >= 15 is 0 Å². The molecule has 0 fully saturated rings. The SMILES string of the molecule is CC1OCCN(S(C)=O)c2cc3oc(-c4ccc(F)cc4)c(-c4ncc[nH]4)c3cc21. The van der Waals surface area contributed by atoms with Gasteiger partial charge in [-0.2, -0.15) is 0 Å². The molecule has 30 heavy (non-hydrogen) atoms. The van der Waals surface area contributed by atoms with Crippen molar-refractivity contribution in [2.75, 3.05) is 23.7 Å². The second kappa shape index (κ2) is 7.37. The van der Waals surface area contributed by atoms with Crippen molar-refractivity contribution in [3.8, 4) is 22.7 Å². The average molecular weight is 425 g/mol. The second-order valence-electron chi connectivity index (χ2n) is 7.20. The summed E-state index contributed by atoms with van der Waals surface area (Å²) in [5.41, 5.74) is 3.96. The summed E-state index contributed by atoms with van der Waals surface area (Å²) in [6.45, 7) is 3.01. The smallest absolute Gasteiger partial charge is 0.146 e. The highest BCUT2D eigenvalue weighted by Crippen LogP contribution is 2.44. The first-order valence-corrected chi connectivity index (χ1v) is 11.1. The summed E-state index contributed by atoms with van der Waals surface area (Å²) in [6.07, 6.45) is 4.93. The van der Waals surface area contributed by atoms with Crippen molar-refractivity contribution in [3.63, 3.8) is 0 Å². The Kier molecular flexibility index (Phi) is 4.67. The third-order valence-corrected chi connectivity index (χ3v) is 6.36. The lowest BCUT2D eigenvalue weighted by Crippen LogP contribution is -2.27. The third-order valence-electron chi connectivity index (χ3n) is 5.36. The van der Waals surface area contributed by atoms with Crippen molar-refractivity contribution in [3.05, 3.63) is 60.2 Å². The summed E-state index contributed by atoms with van der Waals surface area (Å²) < 4.78 is 39.9. The summed E-state index contributed by atoms with van der Waals surface area (Å²) in [5, 5.41) is 0.863. The van der Waals surface area contributed by atoms with Gasteiger partial charge in [0.1, 0.15) is 34.0 Å². The zero-order chi connectivity index (χ0) is 20.8. The number of fused-ring (bicyclic) bond motifs is 2. The number of rotatable bonds is 3. The van der Waals surface area contributed by atoms with Crippen LogP contribution in [-0.2, 0) is 15.7 Å². The van der Waals surface area contributed by atoms with Gasteiger partial charge in [0, 0.05) is 41.2 Å². The predicted octanol–water partition coefficient (Wildman–Crippen LogP) is 4.82.